The maximum Gasteiger partial charge on any atom is 0.312 e. The summed E-state index contributed by atoms with van der Waals surface area (Å²) in [5, 5.41) is 10.2. The number of pyridine rings is 1. The number of fused-ring (bicyclic) bond motifs is 1. The lowest BCUT2D eigenvalue weighted by Gasteiger charge is -2.13. The van der Waals surface area contributed by atoms with E-state index in [0.717, 1.165) is 28.6 Å². The van der Waals surface area contributed by atoms with Crippen molar-refractivity contribution in [2.75, 3.05) is 0 Å². The second kappa shape index (κ2) is 5.45. The Morgan fingerprint density at radius 3 is 2.65 bits per heavy atom. The van der Waals surface area contributed by atoms with Crippen LogP contribution in [0.4, 0.5) is 0 Å². The second-order valence-corrected chi connectivity index (χ2v) is 5.47. The SMILES string of the molecule is CCc1ccc2ccc(C=CC(C)(C)C(=O)O)cc2n1. The van der Waals surface area contributed by atoms with Crippen LogP contribution in [0.25, 0.3) is 17.0 Å². The normalized spacial score (nSPS) is 12.2. The highest BCUT2D eigenvalue weighted by Crippen LogP contribution is 2.21. The molecule has 1 heterocycles. The molecular weight excluding hydrogens is 250 g/mol. The fraction of sp³-hybridized carbons (Fsp3) is 0.294. The number of carboxylic acid groups (broad SMARTS) is 1. The van der Waals surface area contributed by atoms with E-state index in [1.165, 1.54) is 0 Å². The molecule has 1 N–H and O–H groups in total. The topological polar surface area (TPSA) is 50.2 Å². The smallest absolute Gasteiger partial charge is 0.312 e. The standard InChI is InChI=1S/C17H19NO2/c1-4-14-8-7-13-6-5-12(11-15(13)18-14)9-10-17(2,3)16(19)20/h5-11H,4H2,1-3H3,(H,19,20). The first-order valence-corrected chi connectivity index (χ1v) is 6.75. The molecule has 0 unspecified atom stereocenters. The zero-order chi connectivity index (χ0) is 14.8. The number of carboxylic acids is 1. The third-order valence-electron chi connectivity index (χ3n) is 3.38. The largest absolute Gasteiger partial charge is 0.481 e. The molecule has 3 nitrogen and oxygen atoms in total. The van der Waals surface area contributed by atoms with Gasteiger partial charge in [0.2, 0.25) is 0 Å². The van der Waals surface area contributed by atoms with Gasteiger partial charge in [-0.15, -0.1) is 0 Å². The van der Waals surface area contributed by atoms with E-state index >= 15 is 0 Å². The maximum atomic E-state index is 11.1. The molecule has 0 saturated heterocycles. The average molecular weight is 269 g/mol. The third-order valence-corrected chi connectivity index (χ3v) is 3.38. The minimum absolute atomic E-state index is 0.832. The van der Waals surface area contributed by atoms with Crippen LogP contribution in [0.2, 0.25) is 0 Å². The number of aliphatic carboxylic acids is 1. The first kappa shape index (κ1) is 14.3. The molecule has 0 bridgehead atoms. The zero-order valence-corrected chi connectivity index (χ0v) is 12.1. The number of nitrogens with zero attached hydrogens (tertiary/aromatic N) is 1. The van der Waals surface area contributed by atoms with Gasteiger partial charge in [0.25, 0.3) is 0 Å². The highest BCUT2D eigenvalue weighted by Gasteiger charge is 2.22. The van der Waals surface area contributed by atoms with Crippen molar-refractivity contribution >= 4 is 22.9 Å². The highest BCUT2D eigenvalue weighted by atomic mass is 16.4. The molecule has 20 heavy (non-hydrogen) atoms. The molecule has 2 rings (SSSR count). The molecular formula is C17H19NO2. The van der Waals surface area contributed by atoms with Crippen LogP contribution in [0.3, 0.4) is 0 Å². The van der Waals surface area contributed by atoms with Crippen molar-refractivity contribution in [2.45, 2.75) is 27.2 Å². The van der Waals surface area contributed by atoms with E-state index in [1.54, 1.807) is 19.9 Å². The van der Waals surface area contributed by atoms with Crippen LogP contribution in [0.5, 0.6) is 0 Å². The molecule has 0 aliphatic carbocycles. The van der Waals surface area contributed by atoms with Crippen molar-refractivity contribution in [1.82, 2.24) is 4.98 Å². The number of carbonyl (C=O) groups is 1. The van der Waals surface area contributed by atoms with E-state index < -0.39 is 11.4 Å². The lowest BCUT2D eigenvalue weighted by Crippen LogP contribution is -2.20. The predicted octanol–water partition coefficient (Wildman–Crippen LogP) is 3.92. The minimum atomic E-state index is -0.867. The van der Waals surface area contributed by atoms with Gasteiger partial charge < -0.3 is 5.11 Å². The quantitative estimate of drug-likeness (QED) is 0.915. The van der Waals surface area contributed by atoms with Crippen molar-refractivity contribution in [2.24, 2.45) is 5.41 Å². The summed E-state index contributed by atoms with van der Waals surface area (Å²) in [5.41, 5.74) is 2.10. The van der Waals surface area contributed by atoms with Crippen molar-refractivity contribution in [3.8, 4) is 0 Å². The summed E-state index contributed by atoms with van der Waals surface area (Å²) in [6.07, 6.45) is 4.45. The van der Waals surface area contributed by atoms with Crippen molar-refractivity contribution in [3.63, 3.8) is 0 Å². The Labute approximate surface area is 119 Å². The molecule has 0 aliphatic heterocycles. The van der Waals surface area contributed by atoms with Gasteiger partial charge in [0.05, 0.1) is 10.9 Å². The van der Waals surface area contributed by atoms with Gasteiger partial charge in [-0.1, -0.05) is 37.3 Å². The highest BCUT2D eigenvalue weighted by molar-refractivity contribution is 5.82. The van der Waals surface area contributed by atoms with E-state index in [2.05, 4.69) is 18.0 Å². The summed E-state index contributed by atoms with van der Waals surface area (Å²) < 4.78 is 0. The summed E-state index contributed by atoms with van der Waals surface area (Å²) in [6.45, 7) is 5.44. The van der Waals surface area contributed by atoms with Gasteiger partial charge in [-0.25, -0.2) is 0 Å². The summed E-state index contributed by atoms with van der Waals surface area (Å²) in [7, 11) is 0. The lowest BCUT2D eigenvalue weighted by molar-refractivity contribution is -0.144. The summed E-state index contributed by atoms with van der Waals surface area (Å²) in [6, 6.07) is 10.1. The Kier molecular flexibility index (Phi) is 3.89. The lowest BCUT2D eigenvalue weighted by atomic mass is 9.92. The summed E-state index contributed by atoms with van der Waals surface area (Å²) in [5.74, 6) is -0.832. The van der Waals surface area contributed by atoms with E-state index in [4.69, 9.17) is 5.11 Å². The molecule has 104 valence electrons. The molecule has 0 fully saturated rings. The molecule has 3 heteroatoms. The van der Waals surface area contributed by atoms with Crippen molar-refractivity contribution in [3.05, 3.63) is 47.7 Å². The molecule has 0 spiro atoms. The first-order chi connectivity index (χ1) is 9.42. The Morgan fingerprint density at radius 2 is 2.00 bits per heavy atom. The third kappa shape index (κ3) is 3.05. The van der Waals surface area contributed by atoms with E-state index in [-0.39, 0.29) is 0 Å². The monoisotopic (exact) mass is 269 g/mol. The Balaban J connectivity index is 2.36. The van der Waals surface area contributed by atoms with Gasteiger partial charge in [0.1, 0.15) is 0 Å². The van der Waals surface area contributed by atoms with Crippen LogP contribution in [-0.4, -0.2) is 16.1 Å². The maximum absolute atomic E-state index is 11.1. The fourth-order valence-corrected chi connectivity index (χ4v) is 1.85. The minimum Gasteiger partial charge on any atom is -0.481 e. The van der Waals surface area contributed by atoms with Gasteiger partial charge >= 0.3 is 5.97 Å². The van der Waals surface area contributed by atoms with Gasteiger partial charge in [-0.3, -0.25) is 9.78 Å². The number of aromatic nitrogens is 1. The molecule has 0 amide bonds. The predicted molar refractivity (Wildman–Crippen MR) is 81.6 cm³/mol. The fourth-order valence-electron chi connectivity index (χ4n) is 1.85. The van der Waals surface area contributed by atoms with Crippen LogP contribution >= 0.6 is 0 Å². The molecule has 1 aromatic carbocycles. The molecule has 0 saturated carbocycles. The van der Waals surface area contributed by atoms with Crippen molar-refractivity contribution in [1.29, 1.82) is 0 Å². The Morgan fingerprint density at radius 1 is 1.30 bits per heavy atom. The number of hydrogen-bond donors (Lipinski definition) is 1. The summed E-state index contributed by atoms with van der Waals surface area (Å²) >= 11 is 0. The second-order valence-electron chi connectivity index (χ2n) is 5.47. The Hall–Kier alpha value is -2.16. The van der Waals surface area contributed by atoms with E-state index in [0.29, 0.717) is 0 Å². The number of hydrogen-bond acceptors (Lipinski definition) is 2. The van der Waals surface area contributed by atoms with Crippen LogP contribution in [0, 0.1) is 5.41 Å². The summed E-state index contributed by atoms with van der Waals surface area (Å²) in [4.78, 5) is 15.7. The Bertz CT molecular complexity index is 672. The van der Waals surface area contributed by atoms with Gasteiger partial charge in [0.15, 0.2) is 0 Å². The van der Waals surface area contributed by atoms with Crippen molar-refractivity contribution < 1.29 is 9.90 Å². The number of rotatable bonds is 4. The van der Waals surface area contributed by atoms with Gasteiger partial charge in [0, 0.05) is 11.1 Å². The molecule has 0 aliphatic rings. The number of aryl methyl sites for hydroxylation is 1. The zero-order valence-electron chi connectivity index (χ0n) is 12.1. The first-order valence-electron chi connectivity index (χ1n) is 6.75. The van der Waals surface area contributed by atoms with E-state index in [9.17, 15) is 4.79 Å². The average Bonchev–Trinajstić information content (AvgIpc) is 2.44. The van der Waals surface area contributed by atoms with Crippen LogP contribution in [0.1, 0.15) is 32.0 Å². The van der Waals surface area contributed by atoms with Gasteiger partial charge in [-0.05, 0) is 38.0 Å². The molecule has 1 aromatic heterocycles. The number of benzene rings is 1. The molecule has 0 radical (unpaired) electrons. The van der Waals surface area contributed by atoms with Crippen LogP contribution < -0.4 is 0 Å². The molecule has 2 aromatic rings. The molecule has 0 atom stereocenters. The van der Waals surface area contributed by atoms with Crippen LogP contribution in [0.15, 0.2) is 36.4 Å². The van der Waals surface area contributed by atoms with Crippen LogP contribution in [-0.2, 0) is 11.2 Å². The van der Waals surface area contributed by atoms with E-state index in [1.807, 2.05) is 30.3 Å². The van der Waals surface area contributed by atoms with Gasteiger partial charge in [-0.2, -0.15) is 0 Å².